The van der Waals surface area contributed by atoms with Crippen LogP contribution in [-0.4, -0.2) is 69.7 Å². The summed E-state index contributed by atoms with van der Waals surface area (Å²) in [6, 6.07) is 18.1. The van der Waals surface area contributed by atoms with Gasteiger partial charge in [0.25, 0.3) is 0 Å². The molecule has 1 N–H and O–H groups in total. The van der Waals surface area contributed by atoms with Crippen LogP contribution in [0.1, 0.15) is 50.1 Å². The number of rotatable bonds is 8. The molecule has 4 atom stereocenters. The average Bonchev–Trinajstić information content (AvgIpc) is 3.72. The molecule has 0 unspecified atom stereocenters. The molecule has 5 rings (SSSR count). The SMILES string of the molecule is C=CC[C@H](NC(=O)OC(C)(C)C)C(=O)N1CC[C@@H]2[C@H]1[C@@H](c1nc(-c3ccccc3)cs1)CN2C(=O)OCc1ccccc1. The predicted octanol–water partition coefficient (Wildman–Crippen LogP) is 5.99. The lowest BCUT2D eigenvalue weighted by molar-refractivity contribution is -0.134. The monoisotopic (exact) mass is 602 g/mol. The minimum Gasteiger partial charge on any atom is -0.445 e. The molecule has 0 spiro atoms. The van der Waals surface area contributed by atoms with Gasteiger partial charge < -0.3 is 24.6 Å². The maximum atomic E-state index is 14.0. The van der Waals surface area contributed by atoms with E-state index < -0.39 is 23.8 Å². The number of hydrogen-bond acceptors (Lipinski definition) is 7. The molecule has 2 aliphatic rings. The Morgan fingerprint density at radius 2 is 1.79 bits per heavy atom. The molecule has 0 aliphatic carbocycles. The van der Waals surface area contributed by atoms with Crippen molar-refractivity contribution < 1.29 is 23.9 Å². The number of benzene rings is 2. The Kier molecular flexibility index (Phi) is 9.15. The summed E-state index contributed by atoms with van der Waals surface area (Å²) in [6.07, 6.45) is 1.38. The minimum absolute atomic E-state index is 0.164. The molecule has 0 bridgehead atoms. The first-order chi connectivity index (χ1) is 20.6. The van der Waals surface area contributed by atoms with E-state index in [4.69, 9.17) is 14.5 Å². The van der Waals surface area contributed by atoms with Crippen LogP contribution in [0, 0.1) is 0 Å². The molecule has 2 aliphatic heterocycles. The van der Waals surface area contributed by atoms with Crippen molar-refractivity contribution in [2.45, 2.75) is 69.9 Å². The maximum Gasteiger partial charge on any atom is 0.410 e. The Hall–Kier alpha value is -4.18. The second-order valence-corrected chi connectivity index (χ2v) is 12.7. The van der Waals surface area contributed by atoms with Gasteiger partial charge in [0.1, 0.15) is 23.3 Å². The Bertz CT molecular complexity index is 1440. The van der Waals surface area contributed by atoms with Gasteiger partial charge in [-0.3, -0.25) is 4.79 Å². The van der Waals surface area contributed by atoms with Gasteiger partial charge in [-0.25, -0.2) is 14.6 Å². The number of nitrogens with zero attached hydrogens (tertiary/aromatic N) is 3. The maximum absolute atomic E-state index is 14.0. The first-order valence-corrected chi connectivity index (χ1v) is 15.4. The number of carbonyl (C=O) groups excluding carboxylic acids is 3. The third-order valence-corrected chi connectivity index (χ3v) is 8.63. The Balaban J connectivity index is 1.40. The number of ether oxygens (including phenoxy) is 2. The van der Waals surface area contributed by atoms with Gasteiger partial charge >= 0.3 is 12.2 Å². The molecule has 0 saturated carbocycles. The lowest BCUT2D eigenvalue weighted by Gasteiger charge is -2.31. The van der Waals surface area contributed by atoms with Gasteiger partial charge in [-0.2, -0.15) is 0 Å². The zero-order chi connectivity index (χ0) is 30.6. The van der Waals surface area contributed by atoms with Crippen molar-refractivity contribution in [3.8, 4) is 11.3 Å². The summed E-state index contributed by atoms with van der Waals surface area (Å²) in [6.45, 7) is 10.1. The van der Waals surface area contributed by atoms with Crippen LogP contribution in [0.25, 0.3) is 11.3 Å². The zero-order valence-electron chi connectivity index (χ0n) is 24.8. The molecule has 9 nitrogen and oxygen atoms in total. The predicted molar refractivity (Wildman–Crippen MR) is 166 cm³/mol. The highest BCUT2D eigenvalue weighted by Crippen LogP contribution is 2.43. The Labute approximate surface area is 256 Å². The fourth-order valence-electron chi connectivity index (χ4n) is 5.81. The number of alkyl carbamates (subject to hydrolysis) is 1. The highest BCUT2D eigenvalue weighted by atomic mass is 32.1. The summed E-state index contributed by atoms with van der Waals surface area (Å²) in [7, 11) is 0. The van der Waals surface area contributed by atoms with Crippen molar-refractivity contribution >= 4 is 29.4 Å². The van der Waals surface area contributed by atoms with E-state index in [1.807, 2.05) is 66.0 Å². The lowest BCUT2D eigenvalue weighted by atomic mass is 9.99. The van der Waals surface area contributed by atoms with Crippen LogP contribution in [0.5, 0.6) is 0 Å². The van der Waals surface area contributed by atoms with Gasteiger partial charge in [0.05, 0.1) is 23.7 Å². The highest BCUT2D eigenvalue weighted by Gasteiger charge is 2.54. The summed E-state index contributed by atoms with van der Waals surface area (Å²) >= 11 is 1.53. The van der Waals surface area contributed by atoms with E-state index in [9.17, 15) is 14.4 Å². The zero-order valence-corrected chi connectivity index (χ0v) is 25.6. The number of carbonyl (C=O) groups is 3. The highest BCUT2D eigenvalue weighted by molar-refractivity contribution is 7.10. The van der Waals surface area contributed by atoms with Crippen molar-refractivity contribution in [1.82, 2.24) is 20.1 Å². The first kappa shape index (κ1) is 30.3. The summed E-state index contributed by atoms with van der Waals surface area (Å²) < 4.78 is 11.2. The third-order valence-electron chi connectivity index (χ3n) is 7.65. The molecule has 2 aromatic carbocycles. The van der Waals surface area contributed by atoms with Gasteiger partial charge in [0.15, 0.2) is 0 Å². The molecule has 43 heavy (non-hydrogen) atoms. The van der Waals surface area contributed by atoms with E-state index in [0.717, 1.165) is 21.8 Å². The van der Waals surface area contributed by atoms with Gasteiger partial charge in [-0.1, -0.05) is 66.7 Å². The van der Waals surface area contributed by atoms with Crippen LogP contribution in [-0.2, 0) is 20.9 Å². The number of hydrogen-bond donors (Lipinski definition) is 1. The van der Waals surface area contributed by atoms with Crippen LogP contribution in [0.3, 0.4) is 0 Å². The summed E-state index contributed by atoms with van der Waals surface area (Å²) in [5, 5.41) is 5.61. The van der Waals surface area contributed by atoms with Gasteiger partial charge in [-0.05, 0) is 39.2 Å². The summed E-state index contributed by atoms with van der Waals surface area (Å²) in [4.78, 5) is 48.6. The summed E-state index contributed by atoms with van der Waals surface area (Å²) in [5.41, 5.74) is 2.06. The van der Waals surface area contributed by atoms with E-state index in [0.29, 0.717) is 19.5 Å². The van der Waals surface area contributed by atoms with Crippen LogP contribution < -0.4 is 5.32 Å². The number of nitrogens with one attached hydrogen (secondary N) is 1. The third kappa shape index (κ3) is 7.07. The quantitative estimate of drug-likeness (QED) is 0.318. The molecule has 3 aromatic rings. The van der Waals surface area contributed by atoms with Gasteiger partial charge in [0, 0.05) is 24.0 Å². The van der Waals surface area contributed by atoms with Crippen molar-refractivity contribution in [3.63, 3.8) is 0 Å². The Morgan fingerprint density at radius 3 is 2.47 bits per heavy atom. The molecule has 2 fully saturated rings. The van der Waals surface area contributed by atoms with E-state index >= 15 is 0 Å². The van der Waals surface area contributed by atoms with E-state index in [2.05, 4.69) is 11.9 Å². The van der Waals surface area contributed by atoms with Crippen LogP contribution in [0.4, 0.5) is 9.59 Å². The van der Waals surface area contributed by atoms with Crippen molar-refractivity contribution in [2.75, 3.05) is 13.1 Å². The molecule has 1 aromatic heterocycles. The van der Waals surface area contributed by atoms with E-state index in [1.165, 1.54) is 11.3 Å². The normalized spacial score (nSPS) is 20.3. The fourth-order valence-corrected chi connectivity index (χ4v) is 6.77. The van der Waals surface area contributed by atoms with Crippen LogP contribution in [0.2, 0.25) is 0 Å². The van der Waals surface area contributed by atoms with Crippen LogP contribution >= 0.6 is 11.3 Å². The van der Waals surface area contributed by atoms with Gasteiger partial charge in [-0.15, -0.1) is 17.9 Å². The van der Waals surface area contributed by atoms with Crippen LogP contribution in [0.15, 0.2) is 78.7 Å². The number of thiazole rings is 1. The van der Waals surface area contributed by atoms with Crippen molar-refractivity contribution in [2.24, 2.45) is 0 Å². The second-order valence-electron chi connectivity index (χ2n) is 11.8. The molecule has 3 amide bonds. The summed E-state index contributed by atoms with van der Waals surface area (Å²) in [5.74, 6) is -0.448. The number of likely N-dealkylation sites (tertiary alicyclic amines) is 2. The Morgan fingerprint density at radius 1 is 1.09 bits per heavy atom. The standard InChI is InChI=1S/C33H38N4O5S/c1-5-12-25(35-31(39)42-33(2,3)4)30(38)36-18-17-27-28(36)24(29-34-26(21-43-29)23-15-10-7-11-16-23)19-37(27)32(40)41-20-22-13-8-6-9-14-22/h5-11,13-16,21,24-25,27-28H,1,12,17-20H2,2-4H3,(H,35,39)/t24-,25-,27+,28+/m0/s1. The average molecular weight is 603 g/mol. The van der Waals surface area contributed by atoms with E-state index in [1.54, 1.807) is 36.6 Å². The van der Waals surface area contributed by atoms with Gasteiger partial charge in [0.2, 0.25) is 5.91 Å². The number of amides is 3. The number of fused-ring (bicyclic) bond motifs is 1. The molecule has 10 heteroatoms. The number of aromatic nitrogens is 1. The first-order valence-electron chi connectivity index (χ1n) is 14.5. The second kappa shape index (κ2) is 13.0. The molecular weight excluding hydrogens is 564 g/mol. The molecular formula is C33H38N4O5S. The molecule has 2 saturated heterocycles. The molecule has 226 valence electrons. The lowest BCUT2D eigenvalue weighted by Crippen LogP contribution is -2.52. The van der Waals surface area contributed by atoms with E-state index in [-0.39, 0.29) is 36.9 Å². The van der Waals surface area contributed by atoms with Crippen molar-refractivity contribution in [1.29, 1.82) is 0 Å². The fraction of sp³-hybridized carbons (Fsp3) is 0.394. The minimum atomic E-state index is -0.845. The van der Waals surface area contributed by atoms with Crippen molar-refractivity contribution in [3.05, 3.63) is 89.3 Å². The molecule has 3 heterocycles. The molecule has 0 radical (unpaired) electrons. The topological polar surface area (TPSA) is 101 Å². The smallest absolute Gasteiger partial charge is 0.410 e. The largest absolute Gasteiger partial charge is 0.445 e.